The minimum absolute atomic E-state index is 0. The van der Waals surface area contributed by atoms with Crippen LogP contribution in [-0.2, 0) is 19.2 Å². The summed E-state index contributed by atoms with van der Waals surface area (Å²) in [6.45, 7) is 37.2. The first-order chi connectivity index (χ1) is 35.9. The van der Waals surface area contributed by atoms with Crippen LogP contribution in [0.5, 0.6) is 0 Å². The fourth-order valence-electron chi connectivity index (χ4n) is 4.99. The van der Waals surface area contributed by atoms with E-state index in [0.717, 1.165) is 36.5 Å². The van der Waals surface area contributed by atoms with Gasteiger partial charge >= 0.3 is 93.8 Å². The van der Waals surface area contributed by atoms with Crippen molar-refractivity contribution in [1.82, 2.24) is 0 Å². The number of benzene rings is 3. The van der Waals surface area contributed by atoms with E-state index >= 15 is 0 Å². The molecular formula is C66H84O14Yb2. The van der Waals surface area contributed by atoms with E-state index in [4.69, 9.17) is 0 Å². The Bertz CT molecular complexity index is 2700. The minimum atomic E-state index is -0.643. The van der Waals surface area contributed by atoms with Crippen LogP contribution in [0, 0.1) is 126 Å². The van der Waals surface area contributed by atoms with Crippen molar-refractivity contribution in [2.45, 2.75) is 152 Å². The molecule has 3 aromatic carbocycles. The molecular weight excluding hydrogens is 1360 g/mol. The molecule has 0 N–H and O–H groups in total. The summed E-state index contributed by atoms with van der Waals surface area (Å²) >= 11 is 0. The van der Waals surface area contributed by atoms with E-state index < -0.39 is 67.1 Å². The number of hydrogen-bond donors (Lipinski definition) is 0. The summed E-state index contributed by atoms with van der Waals surface area (Å²) in [5.74, 6) is -4.05. The van der Waals surface area contributed by atoms with Gasteiger partial charge in [-0.3, -0.25) is 28.8 Å². The summed E-state index contributed by atoms with van der Waals surface area (Å²) in [6.07, 6.45) is 6.30. The molecule has 0 aliphatic rings. The third kappa shape index (κ3) is 34.8. The first kappa shape index (κ1) is 83.8. The Morgan fingerprint density at radius 2 is 0.451 bits per heavy atom. The third-order valence-corrected chi connectivity index (χ3v) is 10.3. The van der Waals surface area contributed by atoms with Crippen LogP contribution in [0.15, 0.2) is 132 Å². The molecule has 460 valence electrons. The van der Waals surface area contributed by atoms with Gasteiger partial charge in [0.25, 0.3) is 0 Å². The van der Waals surface area contributed by atoms with Crippen LogP contribution >= 0.6 is 0 Å². The molecule has 0 atom stereocenters. The van der Waals surface area contributed by atoms with Gasteiger partial charge in [-0.1, -0.05) is 191 Å². The predicted molar refractivity (Wildman–Crippen MR) is 304 cm³/mol. The Labute approximate surface area is 564 Å². The van der Waals surface area contributed by atoms with Crippen LogP contribution in [-0.4, -0.2) is 46.3 Å². The molecule has 3 rings (SSSR count). The van der Waals surface area contributed by atoms with Gasteiger partial charge in [0.1, 0.15) is 11.6 Å². The normalized spacial score (nSPS) is 12.7. The molecule has 0 fully saturated rings. The molecule has 14 nitrogen and oxygen atoms in total. The molecule has 0 amide bonds. The van der Waals surface area contributed by atoms with E-state index in [-0.39, 0.29) is 173 Å². The Morgan fingerprint density at radius 3 is 0.610 bits per heavy atom. The van der Waals surface area contributed by atoms with Gasteiger partial charge in [0.2, 0.25) is 0 Å². The van der Waals surface area contributed by atoms with Crippen LogP contribution in [0.1, 0.15) is 205 Å². The summed E-state index contributed by atoms with van der Waals surface area (Å²) < 4.78 is 0. The predicted octanol–water partition coefficient (Wildman–Crippen LogP) is 8.78. The van der Waals surface area contributed by atoms with Crippen molar-refractivity contribution in [3.63, 3.8) is 0 Å². The molecule has 0 bridgehead atoms. The van der Waals surface area contributed by atoms with Crippen molar-refractivity contribution >= 4 is 57.8 Å². The number of carbonyl (C=O) groups is 8. The first-order valence-electron chi connectivity index (χ1n) is 25.8. The van der Waals surface area contributed by atoms with Crippen molar-refractivity contribution in [1.29, 1.82) is 0 Å². The average molecular weight is 1450 g/mol. The van der Waals surface area contributed by atoms with Gasteiger partial charge in [0.05, 0.1) is 0 Å². The van der Waals surface area contributed by atoms with Crippen molar-refractivity contribution in [3.8, 4) is 0 Å². The molecule has 0 heterocycles. The van der Waals surface area contributed by atoms with Crippen LogP contribution < -0.4 is 30.6 Å². The monoisotopic (exact) mass is 1450 g/mol. The maximum Gasteiger partial charge on any atom is 3.00 e. The van der Waals surface area contributed by atoms with Crippen LogP contribution in [0.25, 0.3) is 11.5 Å². The SMILES string of the molecule is CC(C)(C)/C([O-])=C/C(=O)c1cccc(C(=O)/C=C(\[O-])C(C)(C)C)c1.CC(C)(C)C(=O)/C=C(\[O-])c1cccc(C(=O)/C=C(\[O-])C(C)(C)C)c1.CC(C)(C)C(=O)/C=C(\[O-])c1cccc(C(=O)/C=C(\[O-])C(C)(C)C)c1.CC(C)=O.CC(C)=O.[Yb+3].[Yb+3]. The maximum absolute atomic E-state index is 12.2. The molecule has 0 saturated heterocycles. The standard InChI is InChI=1S/3C20H26O4.2C3H6O.2Yb/c3*1-19(2,3)17(23)11-15(21)13-8-7-9-14(10-13)16(22)12-18(24)20(4,5)6;2*1-3(2)4;;/h7-12,23-24H,1-6H3;2*7-12,21,24H,1-6H3;2*1-2H3;;/q;;;;;2*+3/p-6/b17-11-,18-12-;2*15-11-,18-12-;;;;. The van der Waals surface area contributed by atoms with E-state index in [9.17, 15) is 69.0 Å². The molecule has 0 aliphatic carbocycles. The largest absolute Gasteiger partial charge is 3.00 e. The number of carbonyl (C=O) groups excluding carboxylic acids is 8. The molecule has 0 spiro atoms. The van der Waals surface area contributed by atoms with Gasteiger partial charge < -0.3 is 40.2 Å². The summed E-state index contributed by atoms with van der Waals surface area (Å²) in [5, 5.41) is 72.1. The zero-order valence-electron chi connectivity index (χ0n) is 51.6. The van der Waals surface area contributed by atoms with Gasteiger partial charge in [-0.25, -0.2) is 0 Å². The second-order valence-electron chi connectivity index (χ2n) is 25.3. The number of ketones is 8. The van der Waals surface area contributed by atoms with Crippen molar-refractivity contribution in [2.24, 2.45) is 32.5 Å². The van der Waals surface area contributed by atoms with E-state index in [1.54, 1.807) is 143 Å². The average Bonchev–Trinajstić information content (AvgIpc) is 3.29. The van der Waals surface area contributed by atoms with E-state index in [2.05, 4.69) is 0 Å². The fraction of sp³-hybridized carbons (Fsp3) is 0.424. The zero-order chi connectivity index (χ0) is 63.3. The summed E-state index contributed by atoms with van der Waals surface area (Å²) in [5.41, 5.74) is -2.38. The van der Waals surface area contributed by atoms with Gasteiger partial charge in [0.15, 0.2) is 34.7 Å². The number of allylic oxidation sites excluding steroid dienone is 10. The minimum Gasteiger partial charge on any atom is -0.875 e. The molecule has 0 aromatic heterocycles. The summed E-state index contributed by atoms with van der Waals surface area (Å²) in [4.78, 5) is 91.5. The van der Waals surface area contributed by atoms with Crippen molar-refractivity contribution < 1.29 is 163 Å². The second-order valence-corrected chi connectivity index (χ2v) is 25.3. The molecule has 0 aliphatic heterocycles. The van der Waals surface area contributed by atoms with E-state index in [1.165, 1.54) is 82.3 Å². The van der Waals surface area contributed by atoms with Crippen LogP contribution in [0.4, 0.5) is 0 Å². The van der Waals surface area contributed by atoms with Gasteiger partial charge in [-0.2, -0.15) is 0 Å². The van der Waals surface area contributed by atoms with Crippen molar-refractivity contribution in [2.75, 3.05) is 0 Å². The Hall–Kier alpha value is -4.70. The fourth-order valence-corrected chi connectivity index (χ4v) is 4.99. The number of Topliss-reactive ketones (excluding diaryl/α,β-unsaturated/α-hetero) is 2. The summed E-state index contributed by atoms with van der Waals surface area (Å²) in [6, 6.07) is 18.1. The Kier molecular flexibility index (Phi) is 37.0. The van der Waals surface area contributed by atoms with E-state index in [1.807, 2.05) is 0 Å². The molecule has 16 heteroatoms. The molecule has 0 saturated carbocycles. The number of rotatable bonds is 12. The quantitative estimate of drug-likeness (QED) is 0.0931. The first-order valence-corrected chi connectivity index (χ1v) is 25.8. The Balaban J connectivity index is -0.000000514. The topological polar surface area (TPSA) is 275 Å². The van der Waals surface area contributed by atoms with Gasteiger partial charge in [-0.05, 0) is 115 Å². The van der Waals surface area contributed by atoms with Gasteiger partial charge in [-0.15, -0.1) is 23.0 Å². The maximum atomic E-state index is 12.2. The Morgan fingerprint density at radius 1 is 0.293 bits per heavy atom. The molecule has 3 aromatic rings. The third-order valence-electron chi connectivity index (χ3n) is 10.3. The van der Waals surface area contributed by atoms with E-state index in [0.29, 0.717) is 0 Å². The molecule has 2 radical (unpaired) electrons. The van der Waals surface area contributed by atoms with Crippen molar-refractivity contribution in [3.05, 3.63) is 166 Å². The molecule has 82 heavy (non-hydrogen) atoms. The van der Waals surface area contributed by atoms with Crippen LogP contribution in [0.3, 0.4) is 0 Å². The molecule has 0 unspecified atom stereocenters. The second kappa shape index (κ2) is 36.2. The smallest absolute Gasteiger partial charge is 0.875 e. The van der Waals surface area contributed by atoms with Gasteiger partial charge in [0, 0.05) is 33.1 Å². The number of hydrogen-bond acceptors (Lipinski definition) is 14. The zero-order valence-corrected chi connectivity index (χ0v) is 55.1. The summed E-state index contributed by atoms with van der Waals surface area (Å²) in [7, 11) is 0. The van der Waals surface area contributed by atoms with Crippen LogP contribution in [0.2, 0.25) is 0 Å².